The van der Waals surface area contributed by atoms with Crippen molar-refractivity contribution < 1.29 is 37.7 Å². The second-order valence-corrected chi connectivity index (χ2v) is 12.9. The Kier molecular flexibility index (Phi) is 15.9. The van der Waals surface area contributed by atoms with Crippen LogP contribution in [-0.4, -0.2) is 85.9 Å². The molecular formula is C37H53F2N3O6. The number of benzene rings is 2. The smallest absolute Gasteiger partial charge is 0.253 e. The van der Waals surface area contributed by atoms with Gasteiger partial charge in [-0.25, -0.2) is 8.78 Å². The molecule has 1 aliphatic rings. The Morgan fingerprint density at radius 1 is 0.917 bits per heavy atom. The number of rotatable bonds is 18. The average Bonchev–Trinajstić information content (AvgIpc) is 3.08. The van der Waals surface area contributed by atoms with Crippen molar-refractivity contribution in [1.29, 1.82) is 0 Å². The molecule has 3 amide bonds. The van der Waals surface area contributed by atoms with Crippen molar-refractivity contribution in [2.75, 3.05) is 33.9 Å². The van der Waals surface area contributed by atoms with Gasteiger partial charge in [0.25, 0.3) is 11.8 Å². The summed E-state index contributed by atoms with van der Waals surface area (Å²) in [4.78, 5) is 41.8. The summed E-state index contributed by atoms with van der Waals surface area (Å²) in [6, 6.07) is 8.43. The zero-order valence-electron chi connectivity index (χ0n) is 29.0. The molecule has 1 aliphatic carbocycles. The van der Waals surface area contributed by atoms with Gasteiger partial charge in [-0.05, 0) is 93.2 Å². The van der Waals surface area contributed by atoms with Crippen molar-refractivity contribution in [2.45, 2.75) is 96.5 Å². The fourth-order valence-electron chi connectivity index (χ4n) is 6.53. The molecule has 1 saturated carbocycles. The van der Waals surface area contributed by atoms with Crippen LogP contribution in [0.3, 0.4) is 0 Å². The largest absolute Gasteiger partial charge is 0.391 e. The number of nitrogens with one attached hydrogen (secondary N) is 2. The third-order valence-electron chi connectivity index (χ3n) is 9.14. The Balaban J connectivity index is 1.76. The minimum Gasteiger partial charge on any atom is -0.391 e. The van der Waals surface area contributed by atoms with Gasteiger partial charge in [0, 0.05) is 57.0 Å². The number of ether oxygens (including phenoxy) is 2. The van der Waals surface area contributed by atoms with Crippen LogP contribution in [0.1, 0.15) is 92.0 Å². The number of hydrogen-bond donors (Lipinski definition) is 3. The van der Waals surface area contributed by atoms with Crippen molar-refractivity contribution in [1.82, 2.24) is 15.5 Å². The highest BCUT2D eigenvalue weighted by Gasteiger charge is 2.31. The number of carbonyl (C=O) groups is 3. The number of halogens is 2. The molecule has 1 unspecified atom stereocenters. The van der Waals surface area contributed by atoms with Crippen LogP contribution in [0.2, 0.25) is 0 Å². The summed E-state index contributed by atoms with van der Waals surface area (Å²) in [5, 5.41) is 17.3. The highest BCUT2D eigenvalue weighted by atomic mass is 19.1. The van der Waals surface area contributed by atoms with Gasteiger partial charge in [-0.15, -0.1) is 0 Å². The Morgan fingerprint density at radius 2 is 1.52 bits per heavy atom. The molecule has 0 aromatic heterocycles. The quantitative estimate of drug-likeness (QED) is 0.198. The van der Waals surface area contributed by atoms with E-state index in [9.17, 15) is 28.3 Å². The molecule has 6 atom stereocenters. The first-order valence-corrected chi connectivity index (χ1v) is 17.2. The van der Waals surface area contributed by atoms with Crippen molar-refractivity contribution in [3.8, 4) is 0 Å². The molecule has 0 radical (unpaired) electrons. The van der Waals surface area contributed by atoms with E-state index in [1.165, 1.54) is 6.07 Å². The van der Waals surface area contributed by atoms with Gasteiger partial charge in [-0.3, -0.25) is 14.4 Å². The molecule has 48 heavy (non-hydrogen) atoms. The summed E-state index contributed by atoms with van der Waals surface area (Å²) >= 11 is 0. The lowest BCUT2D eigenvalue weighted by molar-refractivity contribution is -0.126. The second-order valence-electron chi connectivity index (χ2n) is 12.9. The van der Waals surface area contributed by atoms with Crippen LogP contribution in [0, 0.1) is 23.5 Å². The van der Waals surface area contributed by atoms with Crippen molar-refractivity contribution >= 4 is 17.7 Å². The van der Waals surface area contributed by atoms with Gasteiger partial charge < -0.3 is 30.1 Å². The van der Waals surface area contributed by atoms with Crippen LogP contribution in [0.15, 0.2) is 42.5 Å². The molecule has 9 nitrogen and oxygen atoms in total. The van der Waals surface area contributed by atoms with Gasteiger partial charge in [0.05, 0.1) is 24.4 Å². The van der Waals surface area contributed by atoms with Crippen LogP contribution < -0.4 is 10.6 Å². The SMILES string of the molecule is CCCN(CCC)C(=O)c1cccc(C(=O)N[C@@H](Cc2cc(F)cc(F)c2)[C@@H](O)C[C@@H](CC)C(=O)NCC2C[C@@H](OC)C[C@@H](OC)C2)c1. The van der Waals surface area contributed by atoms with Gasteiger partial charge in [0.1, 0.15) is 11.6 Å². The molecule has 0 heterocycles. The number of nitrogens with zero attached hydrogens (tertiary/aromatic N) is 1. The number of carbonyl (C=O) groups excluding carboxylic acids is 3. The maximum Gasteiger partial charge on any atom is 0.253 e. The summed E-state index contributed by atoms with van der Waals surface area (Å²) in [7, 11) is 3.34. The maximum absolute atomic E-state index is 14.1. The Labute approximate surface area is 283 Å². The van der Waals surface area contributed by atoms with E-state index < -0.39 is 35.6 Å². The van der Waals surface area contributed by atoms with E-state index in [2.05, 4.69) is 10.6 Å². The van der Waals surface area contributed by atoms with E-state index in [1.54, 1.807) is 37.3 Å². The predicted octanol–water partition coefficient (Wildman–Crippen LogP) is 5.29. The van der Waals surface area contributed by atoms with Gasteiger partial charge >= 0.3 is 0 Å². The molecule has 1 fully saturated rings. The van der Waals surface area contributed by atoms with Crippen molar-refractivity contribution in [3.63, 3.8) is 0 Å². The van der Waals surface area contributed by atoms with Crippen molar-refractivity contribution in [2.24, 2.45) is 11.8 Å². The number of amides is 3. The zero-order chi connectivity index (χ0) is 35.2. The number of aliphatic hydroxyl groups excluding tert-OH is 1. The Bertz CT molecular complexity index is 1310. The van der Waals surface area contributed by atoms with E-state index in [0.717, 1.165) is 50.3 Å². The van der Waals surface area contributed by atoms with Gasteiger partial charge in [0.15, 0.2) is 0 Å². The first-order valence-electron chi connectivity index (χ1n) is 17.2. The molecule has 3 N–H and O–H groups in total. The summed E-state index contributed by atoms with van der Waals surface area (Å²) in [5.41, 5.74) is 0.811. The molecule has 0 aliphatic heterocycles. The van der Waals surface area contributed by atoms with E-state index in [4.69, 9.17) is 9.47 Å². The van der Waals surface area contributed by atoms with Crippen LogP contribution in [0.25, 0.3) is 0 Å². The van der Waals surface area contributed by atoms with Crippen LogP contribution in [0.5, 0.6) is 0 Å². The topological polar surface area (TPSA) is 117 Å². The zero-order valence-corrected chi connectivity index (χ0v) is 29.0. The molecule has 0 bridgehead atoms. The number of methoxy groups -OCH3 is 2. The molecule has 11 heteroatoms. The Hall–Kier alpha value is -3.41. The van der Waals surface area contributed by atoms with E-state index in [0.29, 0.717) is 31.6 Å². The van der Waals surface area contributed by atoms with Gasteiger partial charge in [-0.1, -0.05) is 26.8 Å². The monoisotopic (exact) mass is 673 g/mol. The first kappa shape index (κ1) is 39.0. The highest BCUT2D eigenvalue weighted by molar-refractivity contribution is 5.99. The van der Waals surface area contributed by atoms with Gasteiger partial charge in [0.2, 0.25) is 5.91 Å². The van der Waals surface area contributed by atoms with Crippen LogP contribution in [0.4, 0.5) is 8.78 Å². The standard InChI is InChI=1S/C37H53F2N3O6/c1-6-12-42(13-7-2)37(46)28-11-9-10-27(19-28)36(45)41-33(18-24-14-29(38)21-30(39)15-24)34(43)20-26(8-3)35(44)40-23-25-16-31(47-4)22-32(17-25)48-5/h9-11,14-15,19,21,25-26,31-34,43H,6-8,12-13,16-18,20,22-23H2,1-5H3,(H,40,44)(H,41,45)/t25?,26-,31-,32+,33+,34+/m1/s1. The third-order valence-corrected chi connectivity index (χ3v) is 9.14. The van der Waals surface area contributed by atoms with Crippen molar-refractivity contribution in [3.05, 3.63) is 70.8 Å². The van der Waals surface area contributed by atoms with Crippen LogP contribution >= 0.6 is 0 Å². The van der Waals surface area contributed by atoms with E-state index in [1.807, 2.05) is 20.8 Å². The minimum atomic E-state index is -1.23. The Morgan fingerprint density at radius 3 is 2.08 bits per heavy atom. The average molecular weight is 674 g/mol. The number of hydrogen-bond acceptors (Lipinski definition) is 6. The lowest BCUT2D eigenvalue weighted by Crippen LogP contribution is -2.47. The van der Waals surface area contributed by atoms with E-state index in [-0.39, 0.29) is 53.9 Å². The van der Waals surface area contributed by atoms with Gasteiger partial charge in [-0.2, -0.15) is 0 Å². The summed E-state index contributed by atoms with van der Waals surface area (Å²) < 4.78 is 39.3. The highest BCUT2D eigenvalue weighted by Crippen LogP contribution is 2.28. The normalized spacial score (nSPS) is 19.6. The molecule has 2 aromatic rings. The number of aliphatic hydroxyl groups is 1. The fraction of sp³-hybridized carbons (Fsp3) is 0.595. The van der Waals surface area contributed by atoms with Crippen LogP contribution in [-0.2, 0) is 20.7 Å². The summed E-state index contributed by atoms with van der Waals surface area (Å²) in [6.45, 7) is 7.46. The molecular weight excluding hydrogens is 620 g/mol. The lowest BCUT2D eigenvalue weighted by Gasteiger charge is -2.34. The molecule has 0 spiro atoms. The fourth-order valence-corrected chi connectivity index (χ4v) is 6.53. The predicted molar refractivity (Wildman–Crippen MR) is 181 cm³/mol. The van der Waals surface area contributed by atoms with E-state index >= 15 is 0 Å². The molecule has 3 rings (SSSR count). The molecule has 2 aromatic carbocycles. The summed E-state index contributed by atoms with van der Waals surface area (Å²) in [6.07, 6.45) is 3.24. The first-order chi connectivity index (χ1) is 23.0. The maximum atomic E-state index is 14.1. The third kappa shape index (κ3) is 11.6. The lowest BCUT2D eigenvalue weighted by atomic mass is 9.84. The second kappa shape index (κ2) is 19.6. The molecule has 266 valence electrons. The molecule has 0 saturated heterocycles. The summed E-state index contributed by atoms with van der Waals surface area (Å²) in [5.74, 6) is -2.92. The minimum absolute atomic E-state index is 0.0126.